The van der Waals surface area contributed by atoms with Gasteiger partial charge in [-0.2, -0.15) is 0 Å². The summed E-state index contributed by atoms with van der Waals surface area (Å²) in [6.07, 6.45) is 0. The smallest absolute Gasteiger partial charge is 0.0715 e. The zero-order chi connectivity index (χ0) is 63.7. The van der Waals surface area contributed by atoms with Crippen molar-refractivity contribution in [1.82, 2.24) is 0 Å². The van der Waals surface area contributed by atoms with Crippen LogP contribution in [0.15, 0.2) is 328 Å². The molecular formula is C91H72N2S. The van der Waals surface area contributed by atoms with E-state index in [0.29, 0.717) is 0 Å². The van der Waals surface area contributed by atoms with Gasteiger partial charge in [0.2, 0.25) is 0 Å². The van der Waals surface area contributed by atoms with Gasteiger partial charge < -0.3 is 9.80 Å². The molecule has 94 heavy (non-hydrogen) atoms. The van der Waals surface area contributed by atoms with Gasteiger partial charge in [-0.1, -0.05) is 302 Å². The molecule has 0 bridgehead atoms. The Morgan fingerprint density at radius 3 is 1.12 bits per heavy atom. The molecule has 0 amide bonds. The van der Waals surface area contributed by atoms with Crippen molar-refractivity contribution in [3.63, 3.8) is 0 Å². The van der Waals surface area contributed by atoms with Crippen LogP contribution in [0.5, 0.6) is 0 Å². The molecule has 1 aromatic heterocycles. The predicted octanol–water partition coefficient (Wildman–Crippen LogP) is 25.8. The van der Waals surface area contributed by atoms with Crippen LogP contribution in [0.2, 0.25) is 0 Å². The number of anilines is 6. The van der Waals surface area contributed by atoms with Crippen LogP contribution in [-0.2, 0) is 16.2 Å². The summed E-state index contributed by atoms with van der Waals surface area (Å²) >= 11 is 1.93. The normalized spacial score (nSPS) is 12.7. The molecule has 2 nitrogen and oxygen atoms in total. The van der Waals surface area contributed by atoms with E-state index in [1.54, 1.807) is 0 Å². The molecule has 1 aliphatic rings. The Balaban J connectivity index is 1.06. The number of rotatable bonds is 12. The molecule has 14 aromatic carbocycles. The highest BCUT2D eigenvalue weighted by atomic mass is 32.1. The van der Waals surface area contributed by atoms with Crippen molar-refractivity contribution in [2.75, 3.05) is 9.80 Å². The first kappa shape index (κ1) is 58.3. The van der Waals surface area contributed by atoms with Crippen LogP contribution in [0.3, 0.4) is 0 Å². The van der Waals surface area contributed by atoms with E-state index in [0.717, 1.165) is 61.9 Å². The molecule has 1 aliphatic carbocycles. The van der Waals surface area contributed by atoms with Crippen LogP contribution in [0.25, 0.3) is 86.6 Å². The summed E-state index contributed by atoms with van der Waals surface area (Å²) in [5.74, 6) is 0. The van der Waals surface area contributed by atoms with Gasteiger partial charge in [0.05, 0.1) is 28.2 Å². The molecule has 15 aromatic rings. The summed E-state index contributed by atoms with van der Waals surface area (Å²) in [6.45, 7) is 13.8. The largest absolute Gasteiger partial charge is 0.309 e. The lowest BCUT2D eigenvalue weighted by atomic mass is 9.67. The highest BCUT2D eigenvalue weighted by Gasteiger charge is 2.49. The zero-order valence-electron chi connectivity index (χ0n) is 54.0. The molecule has 452 valence electrons. The Hall–Kier alpha value is -10.8. The summed E-state index contributed by atoms with van der Waals surface area (Å²) < 4.78 is 2.51. The third kappa shape index (κ3) is 9.93. The van der Waals surface area contributed by atoms with Gasteiger partial charge in [0.25, 0.3) is 0 Å². The lowest BCUT2D eigenvalue weighted by molar-refractivity contribution is 0.590. The van der Waals surface area contributed by atoms with E-state index >= 15 is 0 Å². The molecule has 3 heteroatoms. The second kappa shape index (κ2) is 23.4. The highest BCUT2D eigenvalue weighted by molar-refractivity contribution is 7.26. The van der Waals surface area contributed by atoms with E-state index < -0.39 is 5.41 Å². The number of nitrogens with zero attached hydrogens (tertiary/aromatic N) is 2. The maximum atomic E-state index is 2.63. The van der Waals surface area contributed by atoms with Gasteiger partial charge in [0.1, 0.15) is 0 Å². The fraction of sp³-hybridized carbons (Fsp3) is 0.0989. The van der Waals surface area contributed by atoms with E-state index in [1.807, 2.05) is 11.3 Å². The summed E-state index contributed by atoms with van der Waals surface area (Å²) in [7, 11) is 0. The summed E-state index contributed by atoms with van der Waals surface area (Å²) in [5.41, 5.74) is 24.9. The SMILES string of the molecule is CC(C)(C)c1ccc(N(c2ccc(-c3ccccc3)cc2-c2ccccc2)c2cc3c(c4ccccc24)-c2c(cc(N(c4ccc(C(C)(C)C)cc4)c4ccc(-c5ccccc5)cc4-c4ccccc4)c4c2sc2ccccc24)C3(c2ccccc2)c2ccccc2)cc1. The van der Waals surface area contributed by atoms with Gasteiger partial charge in [-0.05, 0) is 155 Å². The highest BCUT2D eigenvalue weighted by Crippen LogP contribution is 2.65. The molecule has 1 heterocycles. The van der Waals surface area contributed by atoms with E-state index in [9.17, 15) is 0 Å². The summed E-state index contributed by atoms with van der Waals surface area (Å²) in [5, 5.41) is 4.83. The van der Waals surface area contributed by atoms with Crippen molar-refractivity contribution in [1.29, 1.82) is 0 Å². The second-order valence-electron chi connectivity index (χ2n) is 27.2. The molecule has 0 saturated heterocycles. The van der Waals surface area contributed by atoms with Gasteiger partial charge in [-0.15, -0.1) is 11.3 Å². The van der Waals surface area contributed by atoms with E-state index in [-0.39, 0.29) is 10.8 Å². The number of benzene rings is 14. The minimum atomic E-state index is -0.854. The van der Waals surface area contributed by atoms with Crippen LogP contribution in [0, 0.1) is 0 Å². The molecule has 0 radical (unpaired) electrons. The van der Waals surface area contributed by atoms with E-state index in [2.05, 4.69) is 379 Å². The first-order valence-corrected chi connectivity index (χ1v) is 33.7. The quantitative estimate of drug-likeness (QED) is 0.120. The van der Waals surface area contributed by atoms with Crippen molar-refractivity contribution in [3.8, 4) is 55.6 Å². The molecule has 0 saturated carbocycles. The Morgan fingerprint density at radius 2 is 0.660 bits per heavy atom. The lowest BCUT2D eigenvalue weighted by Gasteiger charge is -2.36. The van der Waals surface area contributed by atoms with Gasteiger partial charge in [0.15, 0.2) is 0 Å². The van der Waals surface area contributed by atoms with Gasteiger partial charge >= 0.3 is 0 Å². The van der Waals surface area contributed by atoms with Crippen LogP contribution < -0.4 is 9.80 Å². The fourth-order valence-electron chi connectivity index (χ4n) is 14.8. The molecule has 16 rings (SSSR count). The molecule has 0 fully saturated rings. The molecular weight excluding hydrogens is 1150 g/mol. The monoisotopic (exact) mass is 1220 g/mol. The Kier molecular flexibility index (Phi) is 14.5. The molecule has 0 atom stereocenters. The number of fused-ring (bicyclic) bond motifs is 9. The van der Waals surface area contributed by atoms with Gasteiger partial charge in [-0.3, -0.25) is 0 Å². The maximum absolute atomic E-state index is 2.63. The fourth-order valence-corrected chi connectivity index (χ4v) is 16.1. The molecule has 0 N–H and O–H groups in total. The Labute approximate surface area is 557 Å². The minimum absolute atomic E-state index is 0.0517. The van der Waals surface area contributed by atoms with Crippen LogP contribution in [0.1, 0.15) is 74.9 Å². The summed E-state index contributed by atoms with van der Waals surface area (Å²) in [6, 6.07) is 123. The topological polar surface area (TPSA) is 6.48 Å². The second-order valence-corrected chi connectivity index (χ2v) is 28.2. The van der Waals surface area contributed by atoms with Gasteiger partial charge in [0, 0.05) is 53.6 Å². The first-order valence-electron chi connectivity index (χ1n) is 32.9. The van der Waals surface area contributed by atoms with Crippen molar-refractivity contribution >= 4 is 76.4 Å². The van der Waals surface area contributed by atoms with E-state index in [4.69, 9.17) is 0 Å². The third-order valence-corrected chi connectivity index (χ3v) is 20.6. The predicted molar refractivity (Wildman–Crippen MR) is 403 cm³/mol. The summed E-state index contributed by atoms with van der Waals surface area (Å²) in [4.78, 5) is 5.18. The Morgan fingerprint density at radius 1 is 0.287 bits per heavy atom. The van der Waals surface area contributed by atoms with Crippen molar-refractivity contribution in [2.24, 2.45) is 0 Å². The molecule has 0 aliphatic heterocycles. The first-order chi connectivity index (χ1) is 45.9. The van der Waals surface area contributed by atoms with E-state index in [1.165, 1.54) is 92.1 Å². The lowest BCUT2D eigenvalue weighted by Crippen LogP contribution is -2.29. The van der Waals surface area contributed by atoms with Crippen molar-refractivity contribution in [2.45, 2.75) is 57.8 Å². The third-order valence-electron chi connectivity index (χ3n) is 19.4. The van der Waals surface area contributed by atoms with Crippen LogP contribution >= 0.6 is 11.3 Å². The molecule has 0 unspecified atom stereocenters. The van der Waals surface area contributed by atoms with Crippen molar-refractivity contribution in [3.05, 3.63) is 361 Å². The maximum Gasteiger partial charge on any atom is 0.0715 e. The standard InChI is InChI=1S/C91H72N2S/c1-89(2,3)67-47-51-71(52-48-67)92(80-55-45-65(61-29-13-7-14-30-61)57-76(80)63-33-17-9-18-34-63)82-59-78-85(74-42-26-25-41-73(74)82)87-79(91(78,69-37-21-11-22-38-69)70-39-23-12-24-40-70)60-83(86-75-43-27-28-44-84(75)94-88(86)87)93(72-53-49-68(50-54-72)90(4,5)6)81-56-46-66(62-31-15-8-16-32-62)58-77(81)64-35-19-10-20-36-64/h7-60H,1-6H3. The number of thiophene rings is 1. The zero-order valence-corrected chi connectivity index (χ0v) is 54.8. The van der Waals surface area contributed by atoms with Crippen LogP contribution in [0.4, 0.5) is 34.1 Å². The van der Waals surface area contributed by atoms with Gasteiger partial charge in [-0.25, -0.2) is 0 Å². The minimum Gasteiger partial charge on any atom is -0.309 e. The number of hydrogen-bond acceptors (Lipinski definition) is 3. The van der Waals surface area contributed by atoms with Crippen molar-refractivity contribution < 1.29 is 0 Å². The molecule has 0 spiro atoms. The average Bonchev–Trinajstić information content (AvgIpc) is 1.51. The number of hydrogen-bond donors (Lipinski definition) is 0. The average molecular weight is 1230 g/mol. The Bertz CT molecular complexity index is 5240. The van der Waals surface area contributed by atoms with Crippen LogP contribution in [-0.4, -0.2) is 0 Å².